The minimum atomic E-state index is -1.27. The van der Waals surface area contributed by atoms with Crippen LogP contribution >= 0.6 is 22.6 Å². The van der Waals surface area contributed by atoms with Crippen LogP contribution in [0.3, 0.4) is 0 Å². The Kier molecular flexibility index (Phi) is 5.55. The number of rotatable bonds is 5. The molecule has 0 aliphatic heterocycles. The van der Waals surface area contributed by atoms with Gasteiger partial charge in [-0.05, 0) is 19.8 Å². The summed E-state index contributed by atoms with van der Waals surface area (Å²) in [5.74, 6) is 0.347. The normalized spacial score (nSPS) is 14.6. The monoisotopic (exact) mass is 368 g/mol. The van der Waals surface area contributed by atoms with E-state index >= 15 is 0 Å². The molecule has 0 radical (unpaired) electrons. The maximum absolute atomic E-state index is 13.5. The van der Waals surface area contributed by atoms with Crippen LogP contribution in [0.15, 0.2) is 4.52 Å². The highest BCUT2D eigenvalue weighted by atomic mass is 127. The molecule has 0 aliphatic carbocycles. The van der Waals surface area contributed by atoms with Gasteiger partial charge >= 0.3 is 0 Å². The van der Waals surface area contributed by atoms with Crippen LogP contribution in [-0.2, 0) is 4.43 Å². The van der Waals surface area contributed by atoms with E-state index in [-0.39, 0.29) is 23.2 Å². The Labute approximate surface area is 120 Å². The number of hydrogen-bond acceptors (Lipinski definition) is 3. The molecule has 6 heteroatoms. The van der Waals surface area contributed by atoms with Gasteiger partial charge in [-0.1, -0.05) is 41.6 Å². The van der Waals surface area contributed by atoms with Crippen LogP contribution in [0, 0.1) is 5.92 Å². The molecule has 0 saturated heterocycles. The molecule has 18 heavy (non-hydrogen) atoms. The van der Waals surface area contributed by atoms with Gasteiger partial charge in [0.2, 0.25) is 0 Å². The Morgan fingerprint density at radius 3 is 2.50 bits per heavy atom. The van der Waals surface area contributed by atoms with E-state index in [2.05, 4.69) is 33.1 Å². The Balaban J connectivity index is 2.96. The summed E-state index contributed by atoms with van der Waals surface area (Å²) in [6, 6.07) is 0.0000175. The van der Waals surface area contributed by atoms with Crippen molar-refractivity contribution in [2.24, 2.45) is 5.92 Å². The first kappa shape index (κ1) is 15.4. The SMILES string of the molecule is CC(F)c1c(C(=O)NC(C)C(C)C)noc1CI. The summed E-state index contributed by atoms with van der Waals surface area (Å²) in [6.45, 7) is 7.29. The predicted octanol–water partition coefficient (Wildman–Crippen LogP) is 3.41. The van der Waals surface area contributed by atoms with Crippen LogP contribution in [0.2, 0.25) is 0 Å². The van der Waals surface area contributed by atoms with Gasteiger partial charge in [0, 0.05) is 6.04 Å². The second-order valence-electron chi connectivity index (χ2n) is 4.62. The summed E-state index contributed by atoms with van der Waals surface area (Å²) in [5.41, 5.74) is 0.321. The minimum Gasteiger partial charge on any atom is -0.359 e. The fraction of sp³-hybridized carbons (Fsp3) is 0.667. The fourth-order valence-corrected chi connectivity index (χ4v) is 1.99. The Morgan fingerprint density at radius 1 is 1.44 bits per heavy atom. The molecular weight excluding hydrogens is 350 g/mol. The molecule has 4 nitrogen and oxygen atoms in total. The summed E-state index contributed by atoms with van der Waals surface area (Å²) in [4.78, 5) is 12.0. The molecule has 1 heterocycles. The summed E-state index contributed by atoms with van der Waals surface area (Å²) in [6.07, 6.45) is -1.27. The minimum absolute atomic E-state index is 0.0000175. The number of hydrogen-bond donors (Lipinski definition) is 1. The van der Waals surface area contributed by atoms with Crippen molar-refractivity contribution in [3.05, 3.63) is 17.0 Å². The molecule has 0 bridgehead atoms. The molecule has 1 aromatic heterocycles. The number of nitrogens with one attached hydrogen (secondary N) is 1. The van der Waals surface area contributed by atoms with E-state index in [0.717, 1.165) is 0 Å². The quantitative estimate of drug-likeness (QED) is 0.640. The van der Waals surface area contributed by atoms with E-state index in [1.807, 2.05) is 20.8 Å². The van der Waals surface area contributed by atoms with Crippen molar-refractivity contribution in [2.45, 2.75) is 44.3 Å². The van der Waals surface area contributed by atoms with Gasteiger partial charge in [-0.15, -0.1) is 0 Å². The standard InChI is InChI=1S/C12H18FIN2O2/c1-6(2)8(4)15-12(17)11-10(7(3)13)9(5-14)18-16-11/h6-8H,5H2,1-4H3,(H,15,17). The third kappa shape index (κ3) is 3.43. The summed E-state index contributed by atoms with van der Waals surface area (Å²) in [7, 11) is 0. The highest BCUT2D eigenvalue weighted by molar-refractivity contribution is 14.1. The summed E-state index contributed by atoms with van der Waals surface area (Å²) >= 11 is 2.05. The molecule has 1 rings (SSSR count). The first-order valence-electron chi connectivity index (χ1n) is 5.87. The largest absolute Gasteiger partial charge is 0.359 e. The van der Waals surface area contributed by atoms with Gasteiger partial charge in [0.15, 0.2) is 11.5 Å². The molecule has 0 fully saturated rings. The molecule has 2 unspecified atom stereocenters. The van der Waals surface area contributed by atoms with E-state index in [1.54, 1.807) is 0 Å². The lowest BCUT2D eigenvalue weighted by Gasteiger charge is -2.16. The second-order valence-corrected chi connectivity index (χ2v) is 5.39. The average Bonchev–Trinajstić information content (AvgIpc) is 2.72. The summed E-state index contributed by atoms with van der Waals surface area (Å²) < 4.78 is 19.0. The highest BCUT2D eigenvalue weighted by Crippen LogP contribution is 2.27. The molecule has 0 aliphatic rings. The molecule has 1 N–H and O–H groups in total. The van der Waals surface area contributed by atoms with E-state index in [0.29, 0.717) is 16.1 Å². The van der Waals surface area contributed by atoms with E-state index in [9.17, 15) is 9.18 Å². The van der Waals surface area contributed by atoms with Gasteiger partial charge in [0.25, 0.3) is 5.91 Å². The number of alkyl halides is 2. The van der Waals surface area contributed by atoms with Crippen molar-refractivity contribution in [3.8, 4) is 0 Å². The first-order chi connectivity index (χ1) is 8.38. The molecule has 0 aromatic carbocycles. The number of carbonyl (C=O) groups excluding carboxylic acids is 1. The number of aromatic nitrogens is 1. The van der Waals surface area contributed by atoms with E-state index < -0.39 is 6.17 Å². The van der Waals surface area contributed by atoms with Gasteiger partial charge in [0.05, 0.1) is 9.99 Å². The van der Waals surface area contributed by atoms with Gasteiger partial charge < -0.3 is 9.84 Å². The van der Waals surface area contributed by atoms with E-state index in [4.69, 9.17) is 4.52 Å². The number of halogens is 2. The first-order valence-corrected chi connectivity index (χ1v) is 7.40. The van der Waals surface area contributed by atoms with Crippen molar-refractivity contribution in [1.29, 1.82) is 0 Å². The molecule has 2 atom stereocenters. The van der Waals surface area contributed by atoms with Crippen molar-refractivity contribution in [1.82, 2.24) is 10.5 Å². The fourth-order valence-electron chi connectivity index (χ4n) is 1.44. The van der Waals surface area contributed by atoms with Gasteiger partial charge in [-0.3, -0.25) is 4.79 Å². The molecule has 0 spiro atoms. The average molecular weight is 368 g/mol. The third-order valence-corrected chi connectivity index (χ3v) is 3.59. The van der Waals surface area contributed by atoms with Crippen LogP contribution in [-0.4, -0.2) is 17.1 Å². The van der Waals surface area contributed by atoms with Crippen molar-refractivity contribution in [2.75, 3.05) is 0 Å². The lowest BCUT2D eigenvalue weighted by Crippen LogP contribution is -2.36. The predicted molar refractivity (Wildman–Crippen MR) is 75.5 cm³/mol. The molecular formula is C12H18FIN2O2. The highest BCUT2D eigenvalue weighted by Gasteiger charge is 2.26. The van der Waals surface area contributed by atoms with Crippen LogP contribution in [0.25, 0.3) is 0 Å². The van der Waals surface area contributed by atoms with E-state index in [1.165, 1.54) is 6.92 Å². The second kappa shape index (κ2) is 6.49. The maximum Gasteiger partial charge on any atom is 0.274 e. The topological polar surface area (TPSA) is 55.1 Å². The van der Waals surface area contributed by atoms with Gasteiger partial charge in [-0.2, -0.15) is 0 Å². The van der Waals surface area contributed by atoms with Gasteiger partial charge in [0.1, 0.15) is 6.17 Å². The van der Waals surface area contributed by atoms with Crippen LogP contribution in [0.1, 0.15) is 55.7 Å². The summed E-state index contributed by atoms with van der Waals surface area (Å²) in [5, 5.41) is 6.49. The van der Waals surface area contributed by atoms with Crippen LogP contribution in [0.4, 0.5) is 4.39 Å². The van der Waals surface area contributed by atoms with Crippen LogP contribution < -0.4 is 5.32 Å². The zero-order valence-corrected chi connectivity index (χ0v) is 13.1. The van der Waals surface area contributed by atoms with Crippen molar-refractivity contribution < 1.29 is 13.7 Å². The Morgan fingerprint density at radius 2 is 2.06 bits per heavy atom. The molecule has 1 aromatic rings. The van der Waals surface area contributed by atoms with Gasteiger partial charge in [-0.25, -0.2) is 4.39 Å². The van der Waals surface area contributed by atoms with Crippen LogP contribution in [0.5, 0.6) is 0 Å². The smallest absolute Gasteiger partial charge is 0.274 e. The van der Waals surface area contributed by atoms with Crippen molar-refractivity contribution >= 4 is 28.5 Å². The molecule has 1 amide bonds. The lowest BCUT2D eigenvalue weighted by molar-refractivity contribution is 0.0919. The lowest BCUT2D eigenvalue weighted by atomic mass is 10.1. The Hall–Kier alpha value is -0.660. The Bertz CT molecular complexity index is 418. The van der Waals surface area contributed by atoms with Crippen molar-refractivity contribution in [3.63, 3.8) is 0 Å². The zero-order valence-electron chi connectivity index (χ0n) is 11.0. The zero-order chi connectivity index (χ0) is 13.9. The number of carbonyl (C=O) groups is 1. The molecule has 102 valence electrons. The maximum atomic E-state index is 13.5. The number of amides is 1. The third-order valence-electron chi connectivity index (χ3n) is 2.90. The molecule has 0 saturated carbocycles. The number of nitrogens with zero attached hydrogens (tertiary/aromatic N) is 1.